The molecule has 2 aromatic rings. The summed E-state index contributed by atoms with van der Waals surface area (Å²) >= 11 is 0. The standard InChI is InChI=1S/C32H42N8O3/c1-4-31(41)37-28-15-27(10-11-29(28)39-14-13-38(3)22(2)19-39)40(32(42)35-18-24-20-43-21-24)26-8-6-25(7-9-26)36-30-12-5-23(16-33)17-34-30/h4-5,10-12,15,17,22,24-26H,1,6-9,13-14,18-21H2,2-3H3,(H,34,36)(H,35,42)(H,37,41). The average molecular weight is 587 g/mol. The molecule has 1 saturated carbocycles. The average Bonchev–Trinajstić information content (AvgIpc) is 2.99. The van der Waals surface area contributed by atoms with Gasteiger partial charge in [-0.15, -0.1) is 0 Å². The number of hydrogen-bond acceptors (Lipinski definition) is 8. The number of carbonyl (C=O) groups excluding carboxylic acids is 2. The van der Waals surface area contributed by atoms with E-state index in [0.717, 1.165) is 62.5 Å². The molecule has 228 valence electrons. The first-order chi connectivity index (χ1) is 20.8. The molecule has 1 aromatic heterocycles. The number of urea groups is 1. The number of aromatic nitrogens is 1. The number of nitriles is 1. The molecule has 5 rings (SSSR count). The Kier molecular flexibility index (Phi) is 9.79. The lowest BCUT2D eigenvalue weighted by Crippen LogP contribution is -2.51. The van der Waals surface area contributed by atoms with Crippen molar-refractivity contribution in [3.63, 3.8) is 0 Å². The van der Waals surface area contributed by atoms with Crippen molar-refractivity contribution in [1.29, 1.82) is 5.26 Å². The lowest BCUT2D eigenvalue weighted by molar-refractivity contribution is -0.111. The highest BCUT2D eigenvalue weighted by atomic mass is 16.5. The van der Waals surface area contributed by atoms with Crippen LogP contribution in [0.5, 0.6) is 0 Å². The number of anilines is 4. The van der Waals surface area contributed by atoms with E-state index in [0.29, 0.717) is 43.0 Å². The van der Waals surface area contributed by atoms with Gasteiger partial charge in [0.2, 0.25) is 5.91 Å². The molecule has 1 aromatic carbocycles. The van der Waals surface area contributed by atoms with Crippen LogP contribution in [0.25, 0.3) is 0 Å². The predicted molar refractivity (Wildman–Crippen MR) is 168 cm³/mol. The number of pyridine rings is 1. The van der Waals surface area contributed by atoms with Gasteiger partial charge in [-0.2, -0.15) is 5.26 Å². The summed E-state index contributed by atoms with van der Waals surface area (Å²) in [5.41, 5.74) is 2.89. The first-order valence-corrected chi connectivity index (χ1v) is 15.1. The molecule has 3 aliphatic rings. The van der Waals surface area contributed by atoms with Crippen LogP contribution in [-0.4, -0.2) is 86.4 Å². The van der Waals surface area contributed by atoms with E-state index in [-0.39, 0.29) is 24.0 Å². The minimum Gasteiger partial charge on any atom is -0.381 e. The molecule has 43 heavy (non-hydrogen) atoms. The third-order valence-electron chi connectivity index (χ3n) is 8.78. The van der Waals surface area contributed by atoms with Gasteiger partial charge in [0.05, 0.1) is 30.2 Å². The van der Waals surface area contributed by atoms with Crippen molar-refractivity contribution in [1.82, 2.24) is 15.2 Å². The number of ether oxygens (including phenoxy) is 1. The van der Waals surface area contributed by atoms with E-state index < -0.39 is 0 Å². The van der Waals surface area contributed by atoms with Gasteiger partial charge in [-0.05, 0) is 76.1 Å². The summed E-state index contributed by atoms with van der Waals surface area (Å²) in [5, 5.41) is 18.7. The molecule has 3 N–H and O–H groups in total. The van der Waals surface area contributed by atoms with E-state index in [2.05, 4.69) is 57.4 Å². The molecular formula is C32H42N8O3. The van der Waals surface area contributed by atoms with E-state index in [1.807, 2.05) is 29.2 Å². The molecule has 3 fully saturated rings. The van der Waals surface area contributed by atoms with E-state index in [1.165, 1.54) is 6.08 Å². The summed E-state index contributed by atoms with van der Waals surface area (Å²) in [6, 6.07) is 12.1. The highest BCUT2D eigenvalue weighted by molar-refractivity contribution is 6.02. The van der Waals surface area contributed by atoms with E-state index in [9.17, 15) is 9.59 Å². The lowest BCUT2D eigenvalue weighted by atomic mass is 9.89. The van der Waals surface area contributed by atoms with Crippen molar-refractivity contribution in [3.8, 4) is 6.07 Å². The summed E-state index contributed by atoms with van der Waals surface area (Å²) in [7, 11) is 2.13. The third-order valence-corrected chi connectivity index (χ3v) is 8.78. The highest BCUT2D eigenvalue weighted by Gasteiger charge is 2.32. The van der Waals surface area contributed by atoms with Gasteiger partial charge in [0.15, 0.2) is 0 Å². The number of benzene rings is 1. The van der Waals surface area contributed by atoms with Crippen LogP contribution in [0.3, 0.4) is 0 Å². The van der Waals surface area contributed by atoms with Gasteiger partial charge in [0, 0.05) is 62.1 Å². The maximum absolute atomic E-state index is 13.8. The summed E-state index contributed by atoms with van der Waals surface area (Å²) in [4.78, 5) is 37.1. The third kappa shape index (κ3) is 7.45. The second kappa shape index (κ2) is 13.9. The van der Waals surface area contributed by atoms with E-state index in [4.69, 9.17) is 10.00 Å². The normalized spacial score (nSPS) is 22.5. The first kappa shape index (κ1) is 30.3. The molecule has 0 radical (unpaired) electrons. The van der Waals surface area contributed by atoms with E-state index in [1.54, 1.807) is 12.3 Å². The zero-order valence-electron chi connectivity index (χ0n) is 25.1. The summed E-state index contributed by atoms with van der Waals surface area (Å²) in [6.45, 7) is 10.3. The Hall–Kier alpha value is -4.14. The monoisotopic (exact) mass is 586 g/mol. The van der Waals surface area contributed by atoms with Crippen molar-refractivity contribution in [2.24, 2.45) is 5.92 Å². The molecule has 3 amide bonds. The molecule has 11 heteroatoms. The number of nitrogens with zero attached hydrogens (tertiary/aromatic N) is 5. The van der Waals surface area contributed by atoms with Crippen molar-refractivity contribution in [2.75, 3.05) is 66.9 Å². The Balaban J connectivity index is 1.36. The second-order valence-corrected chi connectivity index (χ2v) is 11.8. The molecule has 3 heterocycles. The topological polar surface area (TPSA) is 126 Å². The first-order valence-electron chi connectivity index (χ1n) is 15.1. The molecule has 2 aliphatic heterocycles. The number of rotatable bonds is 9. The highest BCUT2D eigenvalue weighted by Crippen LogP contribution is 2.36. The van der Waals surface area contributed by atoms with Crippen molar-refractivity contribution in [2.45, 2.75) is 50.7 Å². The number of piperazine rings is 1. The summed E-state index contributed by atoms with van der Waals surface area (Å²) < 4.78 is 5.30. The number of carbonyl (C=O) groups is 2. The van der Waals surface area contributed by atoms with E-state index >= 15 is 0 Å². The van der Waals surface area contributed by atoms with Gasteiger partial charge in [0.25, 0.3) is 0 Å². The van der Waals surface area contributed by atoms with Crippen LogP contribution in [0.1, 0.15) is 38.2 Å². The van der Waals surface area contributed by atoms with Crippen LogP contribution >= 0.6 is 0 Å². The van der Waals surface area contributed by atoms with Gasteiger partial charge in [-0.1, -0.05) is 6.58 Å². The molecule has 1 aliphatic carbocycles. The minimum absolute atomic E-state index is 0.0120. The van der Waals surface area contributed by atoms with Gasteiger partial charge < -0.3 is 30.5 Å². The Morgan fingerprint density at radius 1 is 1.19 bits per heavy atom. The fourth-order valence-corrected chi connectivity index (χ4v) is 5.95. The number of hydrogen-bond donors (Lipinski definition) is 3. The van der Waals surface area contributed by atoms with Gasteiger partial charge in [0.1, 0.15) is 11.9 Å². The van der Waals surface area contributed by atoms with Gasteiger partial charge in [-0.25, -0.2) is 9.78 Å². The van der Waals surface area contributed by atoms with Crippen LogP contribution in [0.15, 0.2) is 49.2 Å². The van der Waals surface area contributed by atoms with Crippen LogP contribution in [0, 0.1) is 17.2 Å². The molecule has 2 saturated heterocycles. The van der Waals surface area contributed by atoms with Crippen molar-refractivity contribution < 1.29 is 14.3 Å². The summed E-state index contributed by atoms with van der Waals surface area (Å²) in [5.74, 6) is 0.787. The molecule has 0 spiro atoms. The largest absolute Gasteiger partial charge is 0.381 e. The number of amides is 3. The molecular weight excluding hydrogens is 544 g/mol. The molecule has 1 atom stereocenters. The maximum Gasteiger partial charge on any atom is 0.322 e. The fraction of sp³-hybridized carbons (Fsp3) is 0.500. The van der Waals surface area contributed by atoms with Gasteiger partial charge in [-0.3, -0.25) is 9.69 Å². The van der Waals surface area contributed by atoms with Gasteiger partial charge >= 0.3 is 6.03 Å². The Morgan fingerprint density at radius 3 is 2.60 bits per heavy atom. The van der Waals surface area contributed by atoms with Crippen molar-refractivity contribution >= 4 is 34.8 Å². The Bertz CT molecular complexity index is 1330. The zero-order chi connectivity index (χ0) is 30.3. The quantitative estimate of drug-likeness (QED) is 0.379. The van der Waals surface area contributed by atoms with Crippen LogP contribution in [0.2, 0.25) is 0 Å². The molecule has 11 nitrogen and oxygen atoms in total. The maximum atomic E-state index is 13.8. The van der Waals surface area contributed by atoms with Crippen molar-refractivity contribution in [3.05, 3.63) is 54.7 Å². The fourth-order valence-electron chi connectivity index (χ4n) is 5.95. The lowest BCUT2D eigenvalue weighted by Gasteiger charge is -2.40. The Morgan fingerprint density at radius 2 is 1.98 bits per heavy atom. The molecule has 1 unspecified atom stereocenters. The number of likely N-dealkylation sites (N-methyl/N-ethyl adjacent to an activating group) is 1. The predicted octanol–water partition coefficient (Wildman–Crippen LogP) is 3.80. The van der Waals surface area contributed by atoms with Crippen LogP contribution in [0.4, 0.5) is 27.7 Å². The summed E-state index contributed by atoms with van der Waals surface area (Å²) in [6.07, 6.45) is 6.18. The number of nitrogens with one attached hydrogen (secondary N) is 3. The zero-order valence-corrected chi connectivity index (χ0v) is 25.1. The SMILES string of the molecule is C=CC(=O)Nc1cc(N(C(=O)NCC2COC2)C2CCC(Nc3ccc(C#N)cn3)CC2)ccc1N1CCN(C)C(C)C1. The second-order valence-electron chi connectivity index (χ2n) is 11.8. The Labute approximate surface area is 253 Å². The molecule has 0 bridgehead atoms. The smallest absolute Gasteiger partial charge is 0.322 e. The van der Waals surface area contributed by atoms with Crippen LogP contribution < -0.4 is 25.8 Å². The minimum atomic E-state index is -0.287. The van der Waals surface area contributed by atoms with Crippen LogP contribution in [-0.2, 0) is 9.53 Å².